The van der Waals surface area contributed by atoms with Crippen molar-refractivity contribution in [1.29, 1.82) is 5.26 Å². The minimum atomic E-state index is -0.452. The van der Waals surface area contributed by atoms with E-state index in [2.05, 4.69) is 16.4 Å². The van der Waals surface area contributed by atoms with Crippen molar-refractivity contribution in [1.82, 2.24) is 10.3 Å². The Balaban J connectivity index is 2.06. The minimum Gasteiger partial charge on any atom is -0.408 e. The molecular formula is C14H15N3O2. The van der Waals surface area contributed by atoms with Gasteiger partial charge in [0.15, 0.2) is 5.58 Å². The molecule has 98 valence electrons. The zero-order valence-corrected chi connectivity index (χ0v) is 10.7. The highest BCUT2D eigenvalue weighted by Crippen LogP contribution is 2.49. The molecule has 0 bridgehead atoms. The van der Waals surface area contributed by atoms with Crippen molar-refractivity contribution in [2.24, 2.45) is 5.41 Å². The largest absolute Gasteiger partial charge is 0.417 e. The van der Waals surface area contributed by atoms with Gasteiger partial charge in [-0.2, -0.15) is 5.26 Å². The van der Waals surface area contributed by atoms with Crippen LogP contribution in [0.25, 0.3) is 11.1 Å². The topological polar surface area (TPSA) is 81.8 Å². The number of fused-ring (bicyclic) bond motifs is 1. The molecule has 1 aliphatic carbocycles. The van der Waals surface area contributed by atoms with E-state index in [9.17, 15) is 10.1 Å². The third-order valence-electron chi connectivity index (χ3n) is 4.09. The molecule has 1 unspecified atom stereocenters. The summed E-state index contributed by atoms with van der Waals surface area (Å²) < 4.78 is 5.08. The van der Waals surface area contributed by atoms with E-state index >= 15 is 0 Å². The fourth-order valence-corrected chi connectivity index (χ4v) is 2.93. The van der Waals surface area contributed by atoms with Crippen molar-refractivity contribution in [3.63, 3.8) is 0 Å². The van der Waals surface area contributed by atoms with E-state index < -0.39 is 5.76 Å². The molecule has 1 aliphatic rings. The Bertz CT molecular complexity index is 703. The Morgan fingerprint density at radius 1 is 1.53 bits per heavy atom. The van der Waals surface area contributed by atoms with Crippen molar-refractivity contribution in [3.8, 4) is 6.07 Å². The zero-order valence-electron chi connectivity index (χ0n) is 10.7. The highest BCUT2D eigenvalue weighted by molar-refractivity contribution is 5.73. The molecule has 0 saturated heterocycles. The molecule has 19 heavy (non-hydrogen) atoms. The number of rotatable bonds is 3. The van der Waals surface area contributed by atoms with Crippen LogP contribution in [0.3, 0.4) is 0 Å². The molecule has 1 atom stereocenters. The number of nitrogens with zero attached hydrogens (tertiary/aromatic N) is 1. The first kappa shape index (κ1) is 12.0. The summed E-state index contributed by atoms with van der Waals surface area (Å²) in [4.78, 5) is 13.8. The molecule has 2 aromatic rings. The number of aromatic nitrogens is 1. The summed E-state index contributed by atoms with van der Waals surface area (Å²) in [6, 6.07) is 8.02. The van der Waals surface area contributed by atoms with E-state index in [-0.39, 0.29) is 11.5 Å². The van der Waals surface area contributed by atoms with Crippen molar-refractivity contribution in [2.45, 2.75) is 25.3 Å². The lowest BCUT2D eigenvalue weighted by atomic mass is 9.63. The summed E-state index contributed by atoms with van der Waals surface area (Å²) in [7, 11) is 1.86. The smallest absolute Gasteiger partial charge is 0.408 e. The van der Waals surface area contributed by atoms with E-state index in [0.29, 0.717) is 11.1 Å². The van der Waals surface area contributed by atoms with Crippen molar-refractivity contribution >= 4 is 11.1 Å². The first-order valence-corrected chi connectivity index (χ1v) is 6.40. The highest BCUT2D eigenvalue weighted by atomic mass is 16.4. The van der Waals surface area contributed by atoms with Gasteiger partial charge in [-0.1, -0.05) is 12.5 Å². The van der Waals surface area contributed by atoms with Gasteiger partial charge in [0.2, 0.25) is 0 Å². The molecule has 0 aliphatic heterocycles. The summed E-state index contributed by atoms with van der Waals surface area (Å²) in [5.74, 6) is -0.452. The molecular weight excluding hydrogens is 242 g/mol. The second kappa shape index (κ2) is 4.25. The van der Waals surface area contributed by atoms with Gasteiger partial charge in [0.05, 0.1) is 23.0 Å². The van der Waals surface area contributed by atoms with Crippen LogP contribution in [0.1, 0.15) is 30.9 Å². The zero-order chi connectivity index (χ0) is 13.5. The van der Waals surface area contributed by atoms with Gasteiger partial charge in [-0.15, -0.1) is 0 Å². The van der Waals surface area contributed by atoms with Crippen LogP contribution < -0.4 is 11.1 Å². The number of aromatic amines is 1. The standard InChI is InChI=1S/C14H15N3O2/c1-16-12(14(8-15)5-2-6-14)9-3-4-10-11(7-9)19-13(18)17-10/h3-4,7,12,16H,2,5-6H2,1H3,(H,17,18). The molecule has 0 amide bonds. The van der Waals surface area contributed by atoms with Crippen LogP contribution in [0.4, 0.5) is 0 Å². The van der Waals surface area contributed by atoms with E-state index in [1.54, 1.807) is 0 Å². The first-order chi connectivity index (χ1) is 9.18. The SMILES string of the molecule is CNC(c1ccc2[nH]c(=O)oc2c1)C1(C#N)CCC1. The second-order valence-corrected chi connectivity index (χ2v) is 5.11. The average molecular weight is 257 g/mol. The van der Waals surface area contributed by atoms with Crippen molar-refractivity contribution in [2.75, 3.05) is 7.05 Å². The number of H-pyrrole nitrogens is 1. The molecule has 5 heteroatoms. The number of oxazole rings is 1. The number of nitrogens with one attached hydrogen (secondary N) is 2. The predicted octanol–water partition coefficient (Wildman–Crippen LogP) is 2.08. The number of nitriles is 1. The lowest BCUT2D eigenvalue weighted by molar-refractivity contribution is 0.149. The van der Waals surface area contributed by atoms with Crippen LogP contribution in [0, 0.1) is 16.7 Å². The van der Waals surface area contributed by atoms with E-state index in [1.165, 1.54) is 0 Å². The molecule has 5 nitrogen and oxygen atoms in total. The maximum absolute atomic E-state index is 11.2. The lowest BCUT2D eigenvalue weighted by Crippen LogP contribution is -2.40. The molecule has 0 radical (unpaired) electrons. The van der Waals surface area contributed by atoms with Gasteiger partial charge < -0.3 is 9.73 Å². The average Bonchev–Trinajstić information content (AvgIpc) is 2.72. The predicted molar refractivity (Wildman–Crippen MR) is 70.5 cm³/mol. The lowest BCUT2D eigenvalue weighted by Gasteiger charge is -2.42. The van der Waals surface area contributed by atoms with Gasteiger partial charge in [-0.3, -0.25) is 4.98 Å². The van der Waals surface area contributed by atoms with E-state index in [4.69, 9.17) is 4.42 Å². The van der Waals surface area contributed by atoms with E-state index in [0.717, 1.165) is 24.8 Å². The summed E-state index contributed by atoms with van der Waals surface area (Å²) in [6.45, 7) is 0. The van der Waals surface area contributed by atoms with E-state index in [1.807, 2.05) is 25.2 Å². The Morgan fingerprint density at radius 2 is 2.32 bits per heavy atom. The molecule has 0 spiro atoms. The van der Waals surface area contributed by atoms with Gasteiger partial charge in [0.1, 0.15) is 0 Å². The maximum Gasteiger partial charge on any atom is 0.417 e. The fourth-order valence-electron chi connectivity index (χ4n) is 2.93. The van der Waals surface area contributed by atoms with Crippen LogP contribution in [-0.4, -0.2) is 12.0 Å². The number of benzene rings is 1. The fraction of sp³-hybridized carbons (Fsp3) is 0.429. The molecule has 1 aromatic carbocycles. The van der Waals surface area contributed by atoms with Crippen LogP contribution in [0.15, 0.2) is 27.4 Å². The summed E-state index contributed by atoms with van der Waals surface area (Å²) >= 11 is 0. The molecule has 1 saturated carbocycles. The molecule has 2 N–H and O–H groups in total. The monoisotopic (exact) mass is 257 g/mol. The molecule has 1 heterocycles. The van der Waals surface area contributed by atoms with Crippen LogP contribution in [0.5, 0.6) is 0 Å². The van der Waals surface area contributed by atoms with Crippen LogP contribution >= 0.6 is 0 Å². The van der Waals surface area contributed by atoms with Crippen molar-refractivity contribution < 1.29 is 4.42 Å². The summed E-state index contributed by atoms with van der Waals surface area (Å²) in [5, 5.41) is 12.7. The van der Waals surface area contributed by atoms with Gasteiger partial charge >= 0.3 is 5.76 Å². The van der Waals surface area contributed by atoms with Gasteiger partial charge in [0.25, 0.3) is 0 Å². The Hall–Kier alpha value is -2.06. The third kappa shape index (κ3) is 1.76. The molecule has 1 fully saturated rings. The third-order valence-corrected chi connectivity index (χ3v) is 4.09. The molecule has 3 rings (SSSR count). The first-order valence-electron chi connectivity index (χ1n) is 6.40. The van der Waals surface area contributed by atoms with Gasteiger partial charge in [0, 0.05) is 0 Å². The molecule has 1 aromatic heterocycles. The Kier molecular flexibility index (Phi) is 2.68. The van der Waals surface area contributed by atoms with Crippen LogP contribution in [0.2, 0.25) is 0 Å². The Labute approximate surface area is 110 Å². The number of hydrogen-bond donors (Lipinski definition) is 2. The Morgan fingerprint density at radius 3 is 2.89 bits per heavy atom. The normalized spacial score (nSPS) is 18.7. The van der Waals surface area contributed by atoms with Gasteiger partial charge in [-0.25, -0.2) is 4.79 Å². The van der Waals surface area contributed by atoms with Crippen molar-refractivity contribution in [3.05, 3.63) is 34.3 Å². The quantitative estimate of drug-likeness (QED) is 0.882. The summed E-state index contributed by atoms with van der Waals surface area (Å²) in [5.41, 5.74) is 1.87. The van der Waals surface area contributed by atoms with Gasteiger partial charge in [-0.05, 0) is 37.6 Å². The highest BCUT2D eigenvalue weighted by Gasteiger charge is 2.44. The maximum atomic E-state index is 11.2. The second-order valence-electron chi connectivity index (χ2n) is 5.11. The summed E-state index contributed by atoms with van der Waals surface area (Å²) in [6.07, 6.45) is 2.90. The number of hydrogen-bond acceptors (Lipinski definition) is 4. The minimum absolute atomic E-state index is 0.0316. The van der Waals surface area contributed by atoms with Crippen LogP contribution in [-0.2, 0) is 0 Å².